The van der Waals surface area contributed by atoms with E-state index in [1.165, 1.54) is 17.4 Å². The second-order valence-corrected chi connectivity index (χ2v) is 4.84. The van der Waals surface area contributed by atoms with Gasteiger partial charge in [-0.2, -0.15) is 0 Å². The van der Waals surface area contributed by atoms with Crippen molar-refractivity contribution in [2.45, 2.75) is 6.54 Å². The zero-order valence-corrected chi connectivity index (χ0v) is 10.7. The van der Waals surface area contributed by atoms with Crippen molar-refractivity contribution in [2.24, 2.45) is 0 Å². The van der Waals surface area contributed by atoms with E-state index in [9.17, 15) is 14.4 Å². The number of carbonyl (C=O) groups is 3. The van der Waals surface area contributed by atoms with Gasteiger partial charge in [0.1, 0.15) is 13.2 Å². The van der Waals surface area contributed by atoms with Crippen molar-refractivity contribution in [2.75, 3.05) is 13.2 Å². The second-order valence-electron chi connectivity index (χ2n) is 3.84. The van der Waals surface area contributed by atoms with E-state index in [4.69, 9.17) is 9.84 Å². The fourth-order valence-electron chi connectivity index (χ4n) is 1.63. The summed E-state index contributed by atoms with van der Waals surface area (Å²) in [5.74, 6) is -1.80. The Morgan fingerprint density at radius 2 is 2.11 bits per heavy atom. The van der Waals surface area contributed by atoms with Crippen LogP contribution in [0.15, 0.2) is 17.5 Å². The van der Waals surface area contributed by atoms with Crippen molar-refractivity contribution in [3.63, 3.8) is 0 Å². The fraction of sp³-hybridized carbons (Fsp3) is 0.250. The highest BCUT2D eigenvalue weighted by Gasteiger charge is 2.27. The van der Waals surface area contributed by atoms with Crippen molar-refractivity contribution < 1.29 is 24.2 Å². The molecule has 1 N–H and O–H groups in total. The first-order valence-electron chi connectivity index (χ1n) is 5.46. The zero-order valence-electron chi connectivity index (χ0n) is 9.87. The summed E-state index contributed by atoms with van der Waals surface area (Å²) in [6.45, 7) is -0.0488. The van der Waals surface area contributed by atoms with Gasteiger partial charge in [0.2, 0.25) is 0 Å². The summed E-state index contributed by atoms with van der Waals surface area (Å²) in [4.78, 5) is 35.5. The van der Waals surface area contributed by atoms with Crippen LogP contribution < -0.4 is 0 Å². The van der Waals surface area contributed by atoms with Crippen molar-refractivity contribution >= 4 is 35.2 Å². The molecular weight excluding hydrogens is 270 g/mol. The highest BCUT2D eigenvalue weighted by Crippen LogP contribution is 2.21. The minimum absolute atomic E-state index is 0.0998. The third kappa shape index (κ3) is 3.27. The summed E-state index contributed by atoms with van der Waals surface area (Å²) in [7, 11) is 0. The molecule has 1 fully saturated rings. The first kappa shape index (κ1) is 13.4. The average molecular weight is 281 g/mol. The predicted octanol–water partition coefficient (Wildman–Crippen LogP) is 0.731. The number of nitrogens with zero attached hydrogens (tertiary/aromatic N) is 1. The summed E-state index contributed by atoms with van der Waals surface area (Å²) in [5.41, 5.74) is 0.694. The molecule has 1 saturated heterocycles. The lowest BCUT2D eigenvalue weighted by Gasteiger charge is -2.24. The van der Waals surface area contributed by atoms with E-state index < -0.39 is 5.97 Å². The molecule has 6 nitrogen and oxygen atoms in total. The lowest BCUT2D eigenvalue weighted by Crippen LogP contribution is -2.45. The van der Waals surface area contributed by atoms with Gasteiger partial charge in [-0.25, -0.2) is 4.79 Å². The summed E-state index contributed by atoms with van der Waals surface area (Å²) < 4.78 is 4.82. The van der Waals surface area contributed by atoms with Crippen LogP contribution in [-0.2, 0) is 25.7 Å². The monoisotopic (exact) mass is 281 g/mol. The maximum atomic E-state index is 11.6. The standard InChI is InChI=1S/C12H11NO5S/c14-10-6-18-7-11(15)13(10)5-9-8(3-4-19-9)1-2-12(16)17/h1-4H,5-7H2,(H,16,17)/b2-1+. The summed E-state index contributed by atoms with van der Waals surface area (Å²) in [6.07, 6.45) is 2.47. The Labute approximate surface area is 112 Å². The van der Waals surface area contributed by atoms with Crippen molar-refractivity contribution in [1.29, 1.82) is 0 Å². The maximum absolute atomic E-state index is 11.6. The van der Waals surface area contributed by atoms with Crippen LogP contribution in [0.1, 0.15) is 10.4 Å². The quantitative estimate of drug-likeness (QED) is 0.649. The number of ether oxygens (including phenoxy) is 1. The molecule has 2 rings (SSSR count). The van der Waals surface area contributed by atoms with Crippen LogP contribution in [0, 0.1) is 0 Å². The van der Waals surface area contributed by atoms with Gasteiger partial charge in [0.05, 0.1) is 6.54 Å². The number of carbonyl (C=O) groups excluding carboxylic acids is 2. The first-order valence-corrected chi connectivity index (χ1v) is 6.34. The molecule has 0 spiro atoms. The van der Waals surface area contributed by atoms with Gasteiger partial charge in [0.15, 0.2) is 0 Å². The molecule has 1 aliphatic rings. The van der Waals surface area contributed by atoms with E-state index in [0.717, 1.165) is 15.9 Å². The van der Waals surface area contributed by atoms with Gasteiger partial charge in [-0.05, 0) is 23.1 Å². The first-order chi connectivity index (χ1) is 9.08. The lowest BCUT2D eigenvalue weighted by molar-refractivity contribution is -0.159. The Kier molecular flexibility index (Phi) is 4.08. The molecule has 0 bridgehead atoms. The lowest BCUT2D eigenvalue weighted by atomic mass is 10.2. The van der Waals surface area contributed by atoms with Crippen LogP contribution in [0.4, 0.5) is 0 Å². The third-order valence-corrected chi connectivity index (χ3v) is 3.46. The van der Waals surface area contributed by atoms with Gasteiger partial charge in [-0.3, -0.25) is 14.5 Å². The summed E-state index contributed by atoms with van der Waals surface area (Å²) >= 11 is 1.37. The Balaban J connectivity index is 2.15. The molecular formula is C12H11NO5S. The van der Waals surface area contributed by atoms with Crippen LogP contribution in [0.5, 0.6) is 0 Å². The summed E-state index contributed by atoms with van der Waals surface area (Å²) in [6, 6.07) is 1.74. The van der Waals surface area contributed by atoms with Crippen LogP contribution in [0.2, 0.25) is 0 Å². The van der Waals surface area contributed by atoms with Crippen LogP contribution >= 0.6 is 11.3 Å². The molecule has 1 aliphatic heterocycles. The number of hydrogen-bond acceptors (Lipinski definition) is 5. The van der Waals surface area contributed by atoms with E-state index in [1.807, 2.05) is 0 Å². The molecule has 100 valence electrons. The highest BCUT2D eigenvalue weighted by atomic mass is 32.1. The molecule has 0 aromatic carbocycles. The van der Waals surface area contributed by atoms with E-state index in [0.29, 0.717) is 5.56 Å². The Morgan fingerprint density at radius 1 is 1.42 bits per heavy atom. The Morgan fingerprint density at radius 3 is 2.74 bits per heavy atom. The minimum atomic E-state index is -1.05. The maximum Gasteiger partial charge on any atom is 0.328 e. The summed E-state index contributed by atoms with van der Waals surface area (Å²) in [5, 5.41) is 10.4. The van der Waals surface area contributed by atoms with Gasteiger partial charge < -0.3 is 9.84 Å². The molecule has 0 unspecified atom stereocenters. The molecule has 7 heteroatoms. The molecule has 0 aliphatic carbocycles. The number of carboxylic acids is 1. The van der Waals surface area contributed by atoms with E-state index in [-0.39, 0.29) is 31.6 Å². The van der Waals surface area contributed by atoms with Gasteiger partial charge in [0.25, 0.3) is 11.8 Å². The average Bonchev–Trinajstić information content (AvgIpc) is 2.79. The van der Waals surface area contributed by atoms with Crippen LogP contribution in [0.25, 0.3) is 6.08 Å². The smallest absolute Gasteiger partial charge is 0.328 e. The second kappa shape index (κ2) is 5.77. The SMILES string of the molecule is O=C(O)/C=C/c1ccsc1CN1C(=O)COCC1=O. The number of aliphatic carboxylic acids is 1. The van der Waals surface area contributed by atoms with Crippen LogP contribution in [0.3, 0.4) is 0 Å². The van der Waals surface area contributed by atoms with E-state index in [1.54, 1.807) is 11.4 Å². The van der Waals surface area contributed by atoms with E-state index in [2.05, 4.69) is 0 Å². The number of thiophene rings is 1. The third-order valence-electron chi connectivity index (χ3n) is 2.54. The molecule has 0 atom stereocenters. The van der Waals surface area contributed by atoms with Gasteiger partial charge in [-0.1, -0.05) is 0 Å². The molecule has 0 saturated carbocycles. The van der Waals surface area contributed by atoms with Crippen molar-refractivity contribution in [1.82, 2.24) is 4.90 Å². The number of amides is 2. The number of morpholine rings is 1. The van der Waals surface area contributed by atoms with Crippen LogP contribution in [-0.4, -0.2) is 41.0 Å². The number of rotatable bonds is 4. The molecule has 2 heterocycles. The fourth-order valence-corrected chi connectivity index (χ4v) is 2.48. The number of carboxylic acid groups (broad SMARTS) is 1. The highest BCUT2D eigenvalue weighted by molar-refractivity contribution is 7.10. The number of hydrogen-bond donors (Lipinski definition) is 1. The molecule has 1 aromatic heterocycles. The topological polar surface area (TPSA) is 83.9 Å². The van der Waals surface area contributed by atoms with Gasteiger partial charge in [-0.15, -0.1) is 11.3 Å². The molecule has 0 radical (unpaired) electrons. The van der Waals surface area contributed by atoms with E-state index >= 15 is 0 Å². The zero-order chi connectivity index (χ0) is 13.8. The Bertz CT molecular complexity index is 532. The van der Waals surface area contributed by atoms with Gasteiger partial charge in [0, 0.05) is 11.0 Å². The predicted molar refractivity (Wildman–Crippen MR) is 67.4 cm³/mol. The van der Waals surface area contributed by atoms with Gasteiger partial charge >= 0.3 is 5.97 Å². The minimum Gasteiger partial charge on any atom is -0.478 e. The van der Waals surface area contributed by atoms with Crippen molar-refractivity contribution in [3.05, 3.63) is 28.0 Å². The molecule has 2 amide bonds. The normalized spacial score (nSPS) is 16.3. The largest absolute Gasteiger partial charge is 0.478 e. The molecule has 1 aromatic rings. The number of imide groups is 1. The molecule has 19 heavy (non-hydrogen) atoms. The Hall–Kier alpha value is -1.99. The van der Waals surface area contributed by atoms with Crippen molar-refractivity contribution in [3.8, 4) is 0 Å².